The van der Waals surface area contributed by atoms with E-state index in [1.165, 1.54) is 50.5 Å². The van der Waals surface area contributed by atoms with Crippen LogP contribution in [0.5, 0.6) is 5.75 Å². The Morgan fingerprint density at radius 1 is 1.13 bits per heavy atom. The molecule has 1 atom stereocenters. The van der Waals surface area contributed by atoms with E-state index in [4.69, 9.17) is 5.26 Å². The van der Waals surface area contributed by atoms with Crippen LogP contribution in [-0.2, 0) is 5.60 Å². The van der Waals surface area contributed by atoms with Gasteiger partial charge in [-0.15, -0.1) is 0 Å². The van der Waals surface area contributed by atoms with Gasteiger partial charge in [-0.05, 0) is 43.7 Å². The Labute approximate surface area is 176 Å². The second-order valence-electron chi connectivity index (χ2n) is 7.21. The number of halogens is 3. The highest BCUT2D eigenvalue weighted by Gasteiger charge is 2.25. The SMILES string of the molecule is CC(C)(O)c1ncc([C@H](O)c2ccc(OC(F)F)c(-c3cccc(C#N)c3)c2F)cn1. The van der Waals surface area contributed by atoms with E-state index in [2.05, 4.69) is 14.7 Å². The smallest absolute Gasteiger partial charge is 0.387 e. The second-order valence-corrected chi connectivity index (χ2v) is 7.21. The molecular weight excluding hydrogens is 411 g/mol. The number of hydrogen-bond donors (Lipinski definition) is 2. The van der Waals surface area contributed by atoms with Gasteiger partial charge in [-0.25, -0.2) is 14.4 Å². The molecule has 0 radical (unpaired) electrons. The number of rotatable bonds is 6. The molecule has 0 amide bonds. The van der Waals surface area contributed by atoms with E-state index in [-0.39, 0.29) is 33.6 Å². The van der Waals surface area contributed by atoms with Crippen molar-refractivity contribution in [3.63, 3.8) is 0 Å². The van der Waals surface area contributed by atoms with Crippen molar-refractivity contribution in [2.24, 2.45) is 0 Å². The zero-order valence-electron chi connectivity index (χ0n) is 16.6. The average Bonchev–Trinajstić information content (AvgIpc) is 2.72. The number of ether oxygens (including phenoxy) is 1. The van der Waals surface area contributed by atoms with Crippen LogP contribution in [0.15, 0.2) is 48.8 Å². The minimum atomic E-state index is -3.20. The van der Waals surface area contributed by atoms with Crippen molar-refractivity contribution in [1.82, 2.24) is 9.97 Å². The van der Waals surface area contributed by atoms with Crippen molar-refractivity contribution in [2.75, 3.05) is 0 Å². The lowest BCUT2D eigenvalue weighted by molar-refractivity contribution is -0.0496. The van der Waals surface area contributed by atoms with Gasteiger partial charge in [-0.2, -0.15) is 14.0 Å². The van der Waals surface area contributed by atoms with Crippen LogP contribution in [0.4, 0.5) is 13.2 Å². The molecule has 0 spiro atoms. The number of nitriles is 1. The van der Waals surface area contributed by atoms with Gasteiger partial charge in [0, 0.05) is 23.5 Å². The van der Waals surface area contributed by atoms with Crippen molar-refractivity contribution in [1.29, 1.82) is 5.26 Å². The lowest BCUT2D eigenvalue weighted by Crippen LogP contribution is -2.20. The zero-order valence-corrected chi connectivity index (χ0v) is 16.6. The van der Waals surface area contributed by atoms with E-state index in [1.54, 1.807) is 0 Å². The van der Waals surface area contributed by atoms with Gasteiger partial charge in [0.05, 0.1) is 17.2 Å². The van der Waals surface area contributed by atoms with Crippen LogP contribution in [0.1, 0.15) is 42.5 Å². The third-order valence-corrected chi connectivity index (χ3v) is 4.46. The maximum Gasteiger partial charge on any atom is 0.387 e. The van der Waals surface area contributed by atoms with Crippen LogP contribution in [0.25, 0.3) is 11.1 Å². The molecule has 0 saturated carbocycles. The number of aliphatic hydroxyl groups is 2. The van der Waals surface area contributed by atoms with Gasteiger partial charge >= 0.3 is 6.61 Å². The van der Waals surface area contributed by atoms with Gasteiger partial charge in [0.25, 0.3) is 0 Å². The fourth-order valence-corrected chi connectivity index (χ4v) is 2.97. The van der Waals surface area contributed by atoms with Crippen molar-refractivity contribution >= 4 is 0 Å². The molecule has 2 aromatic carbocycles. The molecule has 160 valence electrons. The second kappa shape index (κ2) is 8.71. The highest BCUT2D eigenvalue weighted by Crippen LogP contribution is 2.38. The lowest BCUT2D eigenvalue weighted by Gasteiger charge is -2.19. The van der Waals surface area contributed by atoms with Crippen LogP contribution in [0, 0.1) is 17.1 Å². The van der Waals surface area contributed by atoms with Gasteiger partial charge in [-0.3, -0.25) is 0 Å². The molecule has 0 fully saturated rings. The van der Waals surface area contributed by atoms with Crippen molar-refractivity contribution in [2.45, 2.75) is 32.2 Å². The molecule has 3 aromatic rings. The Morgan fingerprint density at radius 3 is 2.39 bits per heavy atom. The van der Waals surface area contributed by atoms with Gasteiger partial charge in [0.1, 0.15) is 23.3 Å². The first-order valence-electron chi connectivity index (χ1n) is 9.12. The van der Waals surface area contributed by atoms with Crippen molar-refractivity contribution in [3.8, 4) is 22.9 Å². The molecular formula is C22H18F3N3O3. The minimum absolute atomic E-state index is 0.110. The Balaban J connectivity index is 2.10. The van der Waals surface area contributed by atoms with Gasteiger partial charge in [0.15, 0.2) is 5.82 Å². The number of aromatic nitrogens is 2. The highest BCUT2D eigenvalue weighted by atomic mass is 19.3. The molecule has 9 heteroatoms. The van der Waals surface area contributed by atoms with E-state index in [0.717, 1.165) is 12.1 Å². The fraction of sp³-hybridized carbons (Fsp3) is 0.227. The first kappa shape index (κ1) is 22.2. The standard InChI is InChI=1S/C22H18F3N3O3/c1-22(2,30)20-27-10-14(11-28-20)19(29)15-6-7-16(31-21(24)25)17(18(15)23)13-5-3-4-12(8-13)9-26/h3-8,10-11,19,21,29-30H,1-2H3/t19-/m0/s1. The number of nitrogens with zero attached hydrogens (tertiary/aromatic N) is 3. The summed E-state index contributed by atoms with van der Waals surface area (Å²) in [5, 5.41) is 29.7. The monoisotopic (exact) mass is 429 g/mol. The maximum absolute atomic E-state index is 15.5. The predicted octanol–water partition coefficient (Wildman–Crippen LogP) is 4.06. The van der Waals surface area contributed by atoms with Crippen LogP contribution < -0.4 is 4.74 Å². The molecule has 1 aromatic heterocycles. The van der Waals surface area contributed by atoms with Gasteiger partial charge < -0.3 is 14.9 Å². The Morgan fingerprint density at radius 2 is 1.81 bits per heavy atom. The fourth-order valence-electron chi connectivity index (χ4n) is 2.97. The number of aliphatic hydroxyl groups excluding tert-OH is 1. The Hall–Kier alpha value is -3.48. The quantitative estimate of drug-likeness (QED) is 0.613. The molecule has 2 N–H and O–H groups in total. The third kappa shape index (κ3) is 4.82. The summed E-state index contributed by atoms with van der Waals surface area (Å²) in [5.41, 5.74) is -1.38. The van der Waals surface area contributed by atoms with E-state index in [0.29, 0.717) is 0 Å². The summed E-state index contributed by atoms with van der Waals surface area (Å²) < 4.78 is 45.7. The van der Waals surface area contributed by atoms with Crippen LogP contribution in [0.3, 0.4) is 0 Å². The van der Waals surface area contributed by atoms with E-state index in [1.807, 2.05) is 6.07 Å². The average molecular weight is 429 g/mol. The molecule has 0 bridgehead atoms. The molecule has 3 rings (SSSR count). The normalized spacial score (nSPS) is 12.5. The molecule has 0 saturated heterocycles. The van der Waals surface area contributed by atoms with Crippen LogP contribution in [0.2, 0.25) is 0 Å². The first-order chi connectivity index (χ1) is 14.6. The summed E-state index contributed by atoms with van der Waals surface area (Å²) in [6.45, 7) is -0.223. The van der Waals surface area contributed by atoms with Gasteiger partial charge in [-0.1, -0.05) is 12.1 Å². The molecule has 6 nitrogen and oxygen atoms in total. The minimum Gasteiger partial charge on any atom is -0.434 e. The van der Waals surface area contributed by atoms with E-state index < -0.39 is 29.9 Å². The van der Waals surface area contributed by atoms with E-state index >= 15 is 4.39 Å². The number of hydrogen-bond acceptors (Lipinski definition) is 6. The van der Waals surface area contributed by atoms with Crippen LogP contribution in [-0.4, -0.2) is 26.8 Å². The summed E-state index contributed by atoms with van der Waals surface area (Å²) >= 11 is 0. The lowest BCUT2D eigenvalue weighted by atomic mass is 9.95. The summed E-state index contributed by atoms with van der Waals surface area (Å²) in [6, 6.07) is 9.87. The molecule has 31 heavy (non-hydrogen) atoms. The van der Waals surface area contributed by atoms with Gasteiger partial charge in [0.2, 0.25) is 0 Å². The largest absolute Gasteiger partial charge is 0.434 e. The molecule has 1 heterocycles. The maximum atomic E-state index is 15.5. The number of benzene rings is 2. The summed E-state index contributed by atoms with van der Waals surface area (Å²) in [7, 11) is 0. The third-order valence-electron chi connectivity index (χ3n) is 4.46. The molecule has 0 aliphatic carbocycles. The summed E-state index contributed by atoms with van der Waals surface area (Å²) in [5.74, 6) is -1.32. The van der Waals surface area contributed by atoms with E-state index in [9.17, 15) is 19.0 Å². The summed E-state index contributed by atoms with van der Waals surface area (Å²) in [4.78, 5) is 7.97. The Kier molecular flexibility index (Phi) is 6.24. The highest BCUT2D eigenvalue weighted by molar-refractivity contribution is 5.73. The predicted molar refractivity (Wildman–Crippen MR) is 105 cm³/mol. The van der Waals surface area contributed by atoms with Crippen molar-refractivity contribution in [3.05, 3.63) is 77.1 Å². The topological polar surface area (TPSA) is 99.3 Å². The van der Waals surface area contributed by atoms with Crippen LogP contribution >= 0.6 is 0 Å². The summed E-state index contributed by atoms with van der Waals surface area (Å²) in [6.07, 6.45) is 0.961. The Bertz CT molecular complexity index is 1120. The van der Waals surface area contributed by atoms with Crippen molar-refractivity contribution < 1.29 is 28.1 Å². The first-order valence-corrected chi connectivity index (χ1v) is 9.12. The molecule has 0 aliphatic rings. The molecule has 0 aliphatic heterocycles. The zero-order chi connectivity index (χ0) is 22.8. The molecule has 0 unspecified atom stereocenters. The number of alkyl halides is 2.